The van der Waals surface area contributed by atoms with Crippen LogP contribution in [-0.2, 0) is 0 Å². The summed E-state index contributed by atoms with van der Waals surface area (Å²) in [6.45, 7) is 0. The smallest absolute Gasteiger partial charge is 0.274 e. The SMILES string of the molecule is O=C(Nc1ccccc1Oc1ccccc1)c1cccc(C(=O)NC2CC2)n1. The monoisotopic (exact) mass is 373 g/mol. The first-order chi connectivity index (χ1) is 13.7. The van der Waals surface area contributed by atoms with Crippen molar-refractivity contribution in [1.82, 2.24) is 10.3 Å². The number of benzene rings is 2. The fourth-order valence-corrected chi connectivity index (χ4v) is 2.64. The highest BCUT2D eigenvalue weighted by molar-refractivity contribution is 6.04. The van der Waals surface area contributed by atoms with Crippen LogP contribution in [0.2, 0.25) is 0 Å². The standard InChI is InChI=1S/C22H19N3O3/c26-21(23-15-13-14-15)18-10-6-11-19(24-18)22(27)25-17-9-4-5-12-20(17)28-16-7-2-1-3-8-16/h1-12,15H,13-14H2,(H,23,26)(H,25,27). The second-order valence-corrected chi connectivity index (χ2v) is 6.52. The van der Waals surface area contributed by atoms with Crippen LogP contribution in [0.25, 0.3) is 0 Å². The highest BCUT2D eigenvalue weighted by Gasteiger charge is 2.24. The minimum atomic E-state index is -0.412. The summed E-state index contributed by atoms with van der Waals surface area (Å²) < 4.78 is 5.86. The van der Waals surface area contributed by atoms with Crippen LogP contribution in [0.4, 0.5) is 5.69 Å². The van der Waals surface area contributed by atoms with Crippen molar-refractivity contribution >= 4 is 17.5 Å². The molecule has 0 aliphatic heterocycles. The number of pyridine rings is 1. The molecule has 1 fully saturated rings. The molecular weight excluding hydrogens is 354 g/mol. The van der Waals surface area contributed by atoms with Crippen molar-refractivity contribution in [2.24, 2.45) is 0 Å². The molecule has 0 spiro atoms. The Hall–Kier alpha value is -3.67. The summed E-state index contributed by atoms with van der Waals surface area (Å²) in [6.07, 6.45) is 1.98. The average molecular weight is 373 g/mol. The molecule has 4 rings (SSSR count). The zero-order chi connectivity index (χ0) is 19.3. The summed E-state index contributed by atoms with van der Waals surface area (Å²) >= 11 is 0. The van der Waals surface area contributed by atoms with Crippen molar-refractivity contribution in [2.45, 2.75) is 18.9 Å². The minimum Gasteiger partial charge on any atom is -0.455 e. The fraction of sp³-hybridized carbons (Fsp3) is 0.136. The van der Waals surface area contributed by atoms with Gasteiger partial charge in [-0.3, -0.25) is 9.59 Å². The van der Waals surface area contributed by atoms with E-state index in [1.165, 1.54) is 0 Å². The maximum atomic E-state index is 12.7. The largest absolute Gasteiger partial charge is 0.455 e. The van der Waals surface area contributed by atoms with Gasteiger partial charge in [-0.05, 0) is 49.2 Å². The van der Waals surface area contributed by atoms with Crippen molar-refractivity contribution < 1.29 is 14.3 Å². The van der Waals surface area contributed by atoms with Gasteiger partial charge in [0.05, 0.1) is 5.69 Å². The van der Waals surface area contributed by atoms with Crippen LogP contribution in [-0.4, -0.2) is 22.8 Å². The Labute approximate surface area is 162 Å². The molecule has 1 saturated carbocycles. The third-order valence-corrected chi connectivity index (χ3v) is 4.23. The zero-order valence-corrected chi connectivity index (χ0v) is 15.1. The normalized spacial score (nSPS) is 12.9. The van der Waals surface area contributed by atoms with E-state index in [0.29, 0.717) is 17.2 Å². The van der Waals surface area contributed by atoms with Crippen molar-refractivity contribution in [3.05, 3.63) is 84.2 Å². The molecule has 6 nitrogen and oxygen atoms in total. The summed E-state index contributed by atoms with van der Waals surface area (Å²) in [4.78, 5) is 29.0. The number of para-hydroxylation sites is 3. The third kappa shape index (κ3) is 4.35. The van der Waals surface area contributed by atoms with E-state index < -0.39 is 5.91 Å². The Morgan fingerprint density at radius 1 is 0.821 bits per heavy atom. The molecule has 0 unspecified atom stereocenters. The number of aromatic nitrogens is 1. The average Bonchev–Trinajstić information content (AvgIpc) is 3.54. The molecule has 6 heteroatoms. The van der Waals surface area contributed by atoms with E-state index in [1.54, 1.807) is 36.4 Å². The van der Waals surface area contributed by atoms with E-state index in [2.05, 4.69) is 15.6 Å². The molecule has 1 aliphatic carbocycles. The number of hydrogen-bond acceptors (Lipinski definition) is 4. The van der Waals surface area contributed by atoms with Crippen LogP contribution >= 0.6 is 0 Å². The van der Waals surface area contributed by atoms with Gasteiger partial charge in [0.1, 0.15) is 17.1 Å². The van der Waals surface area contributed by atoms with E-state index in [0.717, 1.165) is 12.8 Å². The molecule has 0 saturated heterocycles. The minimum absolute atomic E-state index is 0.165. The topological polar surface area (TPSA) is 80.3 Å². The Balaban J connectivity index is 1.50. The number of rotatable bonds is 6. The molecule has 1 heterocycles. The van der Waals surface area contributed by atoms with E-state index in [-0.39, 0.29) is 23.3 Å². The van der Waals surface area contributed by atoms with Gasteiger partial charge >= 0.3 is 0 Å². The van der Waals surface area contributed by atoms with Crippen LogP contribution in [0.1, 0.15) is 33.8 Å². The summed E-state index contributed by atoms with van der Waals surface area (Å²) in [6, 6.07) is 21.5. The number of nitrogens with zero attached hydrogens (tertiary/aromatic N) is 1. The quantitative estimate of drug-likeness (QED) is 0.684. The van der Waals surface area contributed by atoms with Crippen molar-refractivity contribution in [3.8, 4) is 11.5 Å². The number of carbonyl (C=O) groups excluding carboxylic acids is 2. The number of anilines is 1. The van der Waals surface area contributed by atoms with Crippen LogP contribution in [0.3, 0.4) is 0 Å². The molecule has 2 N–H and O–H groups in total. The van der Waals surface area contributed by atoms with Gasteiger partial charge < -0.3 is 15.4 Å². The molecule has 2 amide bonds. The van der Waals surface area contributed by atoms with Gasteiger partial charge in [0.15, 0.2) is 5.75 Å². The van der Waals surface area contributed by atoms with Gasteiger partial charge in [0.2, 0.25) is 0 Å². The number of nitrogens with one attached hydrogen (secondary N) is 2. The molecule has 1 aromatic heterocycles. The van der Waals surface area contributed by atoms with Gasteiger partial charge in [0, 0.05) is 6.04 Å². The molecule has 3 aromatic rings. The van der Waals surface area contributed by atoms with E-state index in [4.69, 9.17) is 4.74 Å². The number of hydrogen-bond donors (Lipinski definition) is 2. The van der Waals surface area contributed by atoms with E-state index in [1.807, 2.05) is 36.4 Å². The first-order valence-electron chi connectivity index (χ1n) is 9.10. The van der Waals surface area contributed by atoms with Crippen LogP contribution in [0.15, 0.2) is 72.8 Å². The second kappa shape index (κ2) is 7.92. The fourth-order valence-electron chi connectivity index (χ4n) is 2.64. The Kier molecular flexibility index (Phi) is 5.01. The Morgan fingerprint density at radius 3 is 2.25 bits per heavy atom. The van der Waals surface area contributed by atoms with Gasteiger partial charge in [-0.2, -0.15) is 0 Å². The lowest BCUT2D eigenvalue weighted by molar-refractivity contribution is 0.0946. The molecular formula is C22H19N3O3. The Morgan fingerprint density at radius 2 is 1.50 bits per heavy atom. The zero-order valence-electron chi connectivity index (χ0n) is 15.1. The number of ether oxygens (including phenoxy) is 1. The van der Waals surface area contributed by atoms with Crippen molar-refractivity contribution in [3.63, 3.8) is 0 Å². The predicted octanol–water partition coefficient (Wildman–Crippen LogP) is 4.02. The lowest BCUT2D eigenvalue weighted by Crippen LogP contribution is -2.27. The molecule has 0 atom stereocenters. The maximum absolute atomic E-state index is 12.7. The lowest BCUT2D eigenvalue weighted by Gasteiger charge is -2.12. The Bertz CT molecular complexity index is 1000. The van der Waals surface area contributed by atoms with Crippen LogP contribution < -0.4 is 15.4 Å². The third-order valence-electron chi connectivity index (χ3n) is 4.23. The molecule has 0 radical (unpaired) electrons. The highest BCUT2D eigenvalue weighted by Crippen LogP contribution is 2.29. The summed E-state index contributed by atoms with van der Waals surface area (Å²) in [7, 11) is 0. The molecule has 2 aromatic carbocycles. The number of carbonyl (C=O) groups is 2. The van der Waals surface area contributed by atoms with Crippen molar-refractivity contribution in [1.29, 1.82) is 0 Å². The summed E-state index contributed by atoms with van der Waals surface area (Å²) in [5.41, 5.74) is 0.914. The van der Waals surface area contributed by atoms with Crippen LogP contribution in [0.5, 0.6) is 11.5 Å². The molecule has 28 heavy (non-hydrogen) atoms. The molecule has 1 aliphatic rings. The molecule has 0 bridgehead atoms. The summed E-state index contributed by atoms with van der Waals surface area (Å²) in [5, 5.41) is 5.68. The molecule has 140 valence electrons. The first kappa shape index (κ1) is 17.7. The van der Waals surface area contributed by atoms with Gasteiger partial charge in [-0.1, -0.05) is 36.4 Å². The predicted molar refractivity (Wildman–Crippen MR) is 106 cm³/mol. The van der Waals surface area contributed by atoms with Gasteiger partial charge in [0.25, 0.3) is 11.8 Å². The lowest BCUT2D eigenvalue weighted by atomic mass is 10.2. The van der Waals surface area contributed by atoms with E-state index in [9.17, 15) is 9.59 Å². The highest BCUT2D eigenvalue weighted by atomic mass is 16.5. The van der Waals surface area contributed by atoms with Gasteiger partial charge in [-0.15, -0.1) is 0 Å². The van der Waals surface area contributed by atoms with Crippen LogP contribution in [0, 0.1) is 0 Å². The maximum Gasteiger partial charge on any atom is 0.274 e. The van der Waals surface area contributed by atoms with E-state index >= 15 is 0 Å². The van der Waals surface area contributed by atoms with Crippen molar-refractivity contribution in [2.75, 3.05) is 5.32 Å². The van der Waals surface area contributed by atoms with Gasteiger partial charge in [-0.25, -0.2) is 4.98 Å². The first-order valence-corrected chi connectivity index (χ1v) is 9.10. The second-order valence-electron chi connectivity index (χ2n) is 6.52. The summed E-state index contributed by atoms with van der Waals surface area (Å²) in [5.74, 6) is 0.515. The number of amides is 2.